The number of benzene rings is 1. The molecule has 0 aromatic heterocycles. The molecule has 1 spiro atoms. The SMILES string of the molecule is CC(=O)NCC(=O)NCCNC(=O)[C@@]1(C)CCCCC1C(=O)N1CCc2c(Cl)ccc(OC/C(N)=C(\C)N(C)N)c2C1CN1CC2(CC2)CC1=O. The fourth-order valence-corrected chi connectivity index (χ4v) is 8.02. The van der Waals surface area contributed by atoms with E-state index in [0.29, 0.717) is 67.5 Å². The van der Waals surface area contributed by atoms with Gasteiger partial charge in [0.05, 0.1) is 29.6 Å². The standard InChI is InChI=1S/C36H53ClN8O6/c1-22(43(4)39)27(38)20-51-29-9-8-26(37)24-10-16-45(28(32(24)29)19-44-21-36(12-13-36)17-31(44)48)33(49)25-7-5-6-11-35(25,3)34(50)41-15-14-40-30(47)18-42-23(2)46/h8-9,25,28H,5-7,10-21,38-39H2,1-4H3,(H,40,47)(H,41,50)(H,42,46)/b27-22-/t25?,28?,35-/m0/s1. The Bertz CT molecular complexity index is 1580. The van der Waals surface area contributed by atoms with Crippen molar-refractivity contribution in [3.05, 3.63) is 39.7 Å². The molecule has 2 aliphatic heterocycles. The predicted octanol–water partition coefficient (Wildman–Crippen LogP) is 1.72. The van der Waals surface area contributed by atoms with E-state index in [1.165, 1.54) is 11.9 Å². The lowest BCUT2D eigenvalue weighted by Crippen LogP contribution is -2.55. The molecular weight excluding hydrogens is 676 g/mol. The Labute approximate surface area is 304 Å². The summed E-state index contributed by atoms with van der Waals surface area (Å²) in [5.41, 5.74) is 8.11. The summed E-state index contributed by atoms with van der Waals surface area (Å²) in [6, 6.07) is 3.03. The van der Waals surface area contributed by atoms with E-state index in [-0.39, 0.29) is 61.2 Å². The third-order valence-electron chi connectivity index (χ3n) is 11.2. The number of nitrogens with one attached hydrogen (secondary N) is 3. The Hall–Kier alpha value is -4.04. The van der Waals surface area contributed by atoms with Gasteiger partial charge in [0.25, 0.3) is 0 Å². The monoisotopic (exact) mass is 728 g/mol. The number of hydrogen-bond acceptors (Lipinski definition) is 9. The van der Waals surface area contributed by atoms with Crippen molar-refractivity contribution in [3.63, 3.8) is 0 Å². The number of fused-ring (bicyclic) bond motifs is 1. The fraction of sp³-hybridized carbons (Fsp3) is 0.639. The highest BCUT2D eigenvalue weighted by molar-refractivity contribution is 6.31. The van der Waals surface area contributed by atoms with Gasteiger partial charge in [-0.1, -0.05) is 24.4 Å². The number of amides is 5. The summed E-state index contributed by atoms with van der Waals surface area (Å²) in [6.07, 6.45) is 5.73. The Morgan fingerprint density at radius 2 is 1.80 bits per heavy atom. The van der Waals surface area contributed by atoms with E-state index >= 15 is 0 Å². The van der Waals surface area contributed by atoms with Gasteiger partial charge in [-0.15, -0.1) is 0 Å². The van der Waals surface area contributed by atoms with Gasteiger partial charge in [0.2, 0.25) is 29.5 Å². The Morgan fingerprint density at radius 3 is 2.47 bits per heavy atom. The molecule has 1 saturated heterocycles. The Balaban J connectivity index is 1.40. The third kappa shape index (κ3) is 8.54. The van der Waals surface area contributed by atoms with E-state index in [9.17, 15) is 24.0 Å². The van der Waals surface area contributed by atoms with Crippen molar-refractivity contribution < 1.29 is 28.7 Å². The molecule has 4 aliphatic rings. The molecule has 15 heteroatoms. The first-order chi connectivity index (χ1) is 24.2. The molecular formula is C36H53ClN8O6. The fourth-order valence-electron chi connectivity index (χ4n) is 7.76. The van der Waals surface area contributed by atoms with E-state index in [1.807, 2.05) is 16.7 Å². The van der Waals surface area contributed by atoms with E-state index in [4.69, 9.17) is 27.9 Å². The molecule has 5 rings (SSSR count). The van der Waals surface area contributed by atoms with Crippen molar-refractivity contribution in [2.45, 2.75) is 78.2 Å². The van der Waals surface area contributed by atoms with Crippen LogP contribution in [0.2, 0.25) is 5.02 Å². The highest BCUT2D eigenvalue weighted by Gasteiger charge is 2.53. The topological polar surface area (TPSA) is 192 Å². The highest BCUT2D eigenvalue weighted by Crippen LogP contribution is 2.54. The van der Waals surface area contributed by atoms with Crippen LogP contribution in [0.15, 0.2) is 23.5 Å². The lowest BCUT2D eigenvalue weighted by Gasteiger charge is -2.46. The first-order valence-electron chi connectivity index (χ1n) is 17.9. The van der Waals surface area contributed by atoms with Crippen LogP contribution >= 0.6 is 11.6 Å². The summed E-state index contributed by atoms with van der Waals surface area (Å²) < 4.78 is 6.34. The van der Waals surface area contributed by atoms with Gasteiger partial charge in [-0.05, 0) is 69.1 Å². The van der Waals surface area contributed by atoms with Crippen molar-refractivity contribution in [1.29, 1.82) is 0 Å². The van der Waals surface area contributed by atoms with Crippen molar-refractivity contribution in [2.75, 3.05) is 52.9 Å². The second kappa shape index (κ2) is 15.7. The molecule has 2 unspecified atom stereocenters. The average Bonchev–Trinajstić information content (AvgIpc) is 3.78. The third-order valence-corrected chi connectivity index (χ3v) is 11.6. The van der Waals surface area contributed by atoms with Gasteiger partial charge in [0.15, 0.2) is 0 Å². The molecule has 7 N–H and O–H groups in total. The van der Waals surface area contributed by atoms with Gasteiger partial charge in [-0.3, -0.25) is 24.0 Å². The van der Waals surface area contributed by atoms with Crippen LogP contribution in [0, 0.1) is 16.7 Å². The van der Waals surface area contributed by atoms with Gasteiger partial charge in [0.1, 0.15) is 12.4 Å². The van der Waals surface area contributed by atoms with Crippen molar-refractivity contribution in [2.24, 2.45) is 28.3 Å². The van der Waals surface area contributed by atoms with E-state index in [2.05, 4.69) is 16.0 Å². The molecule has 3 atom stereocenters. The largest absolute Gasteiger partial charge is 0.487 e. The van der Waals surface area contributed by atoms with E-state index in [1.54, 1.807) is 26.1 Å². The lowest BCUT2D eigenvalue weighted by molar-refractivity contribution is -0.153. The zero-order valence-corrected chi connectivity index (χ0v) is 31.0. The van der Waals surface area contributed by atoms with Gasteiger partial charge in [-0.25, -0.2) is 5.84 Å². The summed E-state index contributed by atoms with van der Waals surface area (Å²) in [7, 11) is 1.69. The molecule has 3 fully saturated rings. The van der Waals surface area contributed by atoms with Crippen LogP contribution in [0.3, 0.4) is 0 Å². The predicted molar refractivity (Wildman–Crippen MR) is 192 cm³/mol. The summed E-state index contributed by atoms with van der Waals surface area (Å²) in [6.45, 7) is 6.57. The van der Waals surface area contributed by atoms with Gasteiger partial charge in [0, 0.05) is 69.4 Å². The molecule has 280 valence electrons. The minimum atomic E-state index is -0.986. The minimum Gasteiger partial charge on any atom is -0.487 e. The van der Waals surface area contributed by atoms with Crippen molar-refractivity contribution in [3.8, 4) is 5.75 Å². The first-order valence-corrected chi connectivity index (χ1v) is 18.3. The quantitative estimate of drug-likeness (QED) is 0.114. The number of hydrogen-bond donors (Lipinski definition) is 5. The average molecular weight is 729 g/mol. The van der Waals surface area contributed by atoms with Gasteiger partial charge in [-0.2, -0.15) is 0 Å². The molecule has 2 aliphatic carbocycles. The zero-order chi connectivity index (χ0) is 37.1. The molecule has 51 heavy (non-hydrogen) atoms. The number of allylic oxidation sites excluding steroid dienone is 1. The maximum Gasteiger partial charge on any atom is 0.239 e. The molecule has 14 nitrogen and oxygen atoms in total. The second-order valence-corrected chi connectivity index (χ2v) is 15.3. The molecule has 5 amide bonds. The number of carbonyl (C=O) groups is 5. The lowest BCUT2D eigenvalue weighted by atomic mass is 9.66. The molecule has 1 aromatic rings. The normalized spacial score (nSPS) is 24.0. The number of nitrogens with zero attached hydrogens (tertiary/aromatic N) is 3. The summed E-state index contributed by atoms with van der Waals surface area (Å²) >= 11 is 6.81. The zero-order valence-electron chi connectivity index (χ0n) is 30.2. The van der Waals surface area contributed by atoms with Gasteiger partial charge < -0.3 is 41.2 Å². The number of nitrogens with two attached hydrogens (primary N) is 2. The molecule has 0 bridgehead atoms. The van der Waals surface area contributed by atoms with Crippen molar-refractivity contribution >= 4 is 41.1 Å². The maximum atomic E-state index is 14.9. The molecule has 2 saturated carbocycles. The van der Waals surface area contributed by atoms with E-state index in [0.717, 1.165) is 36.8 Å². The number of likely N-dealkylation sites (tertiary alicyclic amines) is 1. The van der Waals surface area contributed by atoms with Crippen LogP contribution in [0.1, 0.15) is 82.9 Å². The smallest absolute Gasteiger partial charge is 0.239 e. The van der Waals surface area contributed by atoms with E-state index < -0.39 is 17.4 Å². The van der Waals surface area contributed by atoms with Gasteiger partial charge >= 0.3 is 0 Å². The number of ether oxygens (including phenoxy) is 1. The molecule has 2 heterocycles. The second-order valence-electron chi connectivity index (χ2n) is 14.9. The number of hydrazine groups is 1. The highest BCUT2D eigenvalue weighted by atomic mass is 35.5. The minimum absolute atomic E-state index is 0.0333. The van der Waals surface area contributed by atoms with Crippen LogP contribution in [-0.4, -0.2) is 97.3 Å². The summed E-state index contributed by atoms with van der Waals surface area (Å²) in [4.78, 5) is 68.9. The molecule has 0 radical (unpaired) electrons. The number of carbonyl (C=O) groups excluding carboxylic acids is 5. The van der Waals surface area contributed by atoms with Crippen LogP contribution in [0.5, 0.6) is 5.75 Å². The molecule has 1 aromatic carbocycles. The Morgan fingerprint density at radius 1 is 1.08 bits per heavy atom. The number of halogens is 1. The first kappa shape index (κ1) is 38.2. The summed E-state index contributed by atoms with van der Waals surface area (Å²) in [5.74, 6) is 4.87. The van der Waals surface area contributed by atoms with Crippen molar-refractivity contribution in [1.82, 2.24) is 30.8 Å². The maximum absolute atomic E-state index is 14.9. The Kier molecular flexibility index (Phi) is 11.7. The number of rotatable bonds is 13. The van der Waals surface area contributed by atoms with Crippen LogP contribution in [-0.2, 0) is 30.4 Å². The van der Waals surface area contributed by atoms with Crippen LogP contribution < -0.4 is 32.3 Å². The summed E-state index contributed by atoms with van der Waals surface area (Å²) in [5, 5.41) is 10.0. The van der Waals surface area contributed by atoms with Crippen LogP contribution in [0.4, 0.5) is 0 Å². The van der Waals surface area contributed by atoms with Crippen LogP contribution in [0.25, 0.3) is 0 Å².